The summed E-state index contributed by atoms with van der Waals surface area (Å²) < 4.78 is 28.1. The zero-order valence-corrected chi connectivity index (χ0v) is 8.93. The number of methoxy groups -OCH3 is 1. The molecule has 78 valence electrons. The van der Waals surface area contributed by atoms with E-state index >= 15 is 0 Å². The molecule has 0 unspecified atom stereocenters. The van der Waals surface area contributed by atoms with E-state index in [9.17, 15) is 8.42 Å². The van der Waals surface area contributed by atoms with E-state index in [2.05, 4.69) is 5.32 Å². The molecule has 0 radical (unpaired) electrons. The zero-order chi connectivity index (χ0) is 9.90. The molecule has 1 heterocycles. The summed E-state index contributed by atoms with van der Waals surface area (Å²) in [6.07, 6.45) is 1.92. The minimum absolute atomic E-state index is 0.0186. The van der Waals surface area contributed by atoms with Gasteiger partial charge in [-0.2, -0.15) is 0 Å². The smallest absolute Gasteiger partial charge is 0.178 e. The molecular weight excluding hydrogens is 190 g/mol. The van der Waals surface area contributed by atoms with Crippen LogP contribution in [0.5, 0.6) is 0 Å². The van der Waals surface area contributed by atoms with E-state index in [0.29, 0.717) is 0 Å². The maximum absolute atomic E-state index is 11.6. The molecule has 1 fully saturated rings. The van der Waals surface area contributed by atoms with Crippen molar-refractivity contribution in [3.63, 3.8) is 0 Å². The number of hydrogen-bond acceptors (Lipinski definition) is 4. The molecule has 5 heteroatoms. The molecule has 0 amide bonds. The Morgan fingerprint density at radius 2 is 2.31 bits per heavy atom. The highest BCUT2D eigenvalue weighted by Gasteiger charge is 2.33. The first kappa shape index (κ1) is 10.9. The quantitative estimate of drug-likeness (QED) is 0.712. The fourth-order valence-corrected chi connectivity index (χ4v) is 3.02. The summed E-state index contributed by atoms with van der Waals surface area (Å²) in [5.74, 6) is 0.143. The molecular formula is C8H17NO3S. The van der Waals surface area contributed by atoms with Crippen LogP contribution in [0, 0.1) is 0 Å². The highest BCUT2D eigenvalue weighted by atomic mass is 32.2. The largest absolute Gasteiger partial charge is 0.364 e. The number of hydrogen-bond donors (Lipinski definition) is 1. The van der Waals surface area contributed by atoms with Gasteiger partial charge in [0.05, 0.1) is 5.75 Å². The van der Waals surface area contributed by atoms with Gasteiger partial charge in [-0.1, -0.05) is 6.92 Å². The minimum atomic E-state index is -3.08. The van der Waals surface area contributed by atoms with E-state index in [4.69, 9.17) is 4.74 Å². The third-order valence-electron chi connectivity index (χ3n) is 2.42. The summed E-state index contributed by atoms with van der Waals surface area (Å²) in [4.78, 5) is 0. The molecule has 4 nitrogen and oxygen atoms in total. The number of nitrogens with one attached hydrogen (secondary N) is 1. The van der Waals surface area contributed by atoms with Crippen LogP contribution in [-0.2, 0) is 14.6 Å². The van der Waals surface area contributed by atoms with Crippen LogP contribution in [-0.4, -0.2) is 39.3 Å². The lowest BCUT2D eigenvalue weighted by Gasteiger charge is -2.21. The summed E-state index contributed by atoms with van der Waals surface area (Å²) in [6, 6.07) is -0.0186. The first-order chi connectivity index (χ1) is 6.11. The van der Waals surface area contributed by atoms with Crippen LogP contribution >= 0.6 is 0 Å². The van der Waals surface area contributed by atoms with Crippen molar-refractivity contribution in [2.45, 2.75) is 31.2 Å². The third-order valence-corrected chi connectivity index (χ3v) is 4.45. The van der Waals surface area contributed by atoms with E-state index in [0.717, 1.165) is 19.4 Å². The SMILES string of the molecule is CCS(=O)(=O)[C@H](OC)[C@H]1CCCN1. The molecule has 0 saturated carbocycles. The number of ether oxygens (including phenoxy) is 1. The average Bonchev–Trinajstić information content (AvgIpc) is 2.58. The molecule has 1 aliphatic rings. The van der Waals surface area contributed by atoms with Crippen LogP contribution in [0.25, 0.3) is 0 Å². The van der Waals surface area contributed by atoms with Gasteiger partial charge in [-0.05, 0) is 19.4 Å². The Balaban J connectivity index is 2.71. The van der Waals surface area contributed by atoms with Gasteiger partial charge < -0.3 is 10.1 Å². The molecule has 1 rings (SSSR count). The van der Waals surface area contributed by atoms with Crippen molar-refractivity contribution in [3.8, 4) is 0 Å². The van der Waals surface area contributed by atoms with E-state index < -0.39 is 15.3 Å². The molecule has 0 aromatic carbocycles. The van der Waals surface area contributed by atoms with Gasteiger partial charge in [0.1, 0.15) is 0 Å². The van der Waals surface area contributed by atoms with E-state index in [1.165, 1.54) is 7.11 Å². The van der Waals surface area contributed by atoms with Crippen LogP contribution in [0.4, 0.5) is 0 Å². The topological polar surface area (TPSA) is 55.4 Å². The van der Waals surface area contributed by atoms with Crippen molar-refractivity contribution in [1.29, 1.82) is 0 Å². The molecule has 0 aliphatic carbocycles. The molecule has 1 saturated heterocycles. The molecule has 0 spiro atoms. The van der Waals surface area contributed by atoms with E-state index in [1.807, 2.05) is 0 Å². The highest BCUT2D eigenvalue weighted by molar-refractivity contribution is 7.91. The molecule has 2 atom stereocenters. The second-order valence-electron chi connectivity index (χ2n) is 3.26. The predicted molar refractivity (Wildman–Crippen MR) is 51.3 cm³/mol. The average molecular weight is 207 g/mol. The summed E-state index contributed by atoms with van der Waals surface area (Å²) in [5.41, 5.74) is -0.667. The predicted octanol–water partition coefficient (Wildman–Crippen LogP) is 0.146. The molecule has 13 heavy (non-hydrogen) atoms. The van der Waals surface area contributed by atoms with Crippen molar-refractivity contribution in [3.05, 3.63) is 0 Å². The molecule has 0 bridgehead atoms. The van der Waals surface area contributed by atoms with Gasteiger partial charge in [0.15, 0.2) is 15.3 Å². The number of sulfone groups is 1. The van der Waals surface area contributed by atoms with Gasteiger partial charge in [-0.15, -0.1) is 0 Å². The Morgan fingerprint density at radius 1 is 1.62 bits per heavy atom. The minimum Gasteiger partial charge on any atom is -0.364 e. The summed E-state index contributed by atoms with van der Waals surface area (Å²) >= 11 is 0. The van der Waals surface area contributed by atoms with Gasteiger partial charge in [-0.3, -0.25) is 0 Å². The van der Waals surface area contributed by atoms with Crippen LogP contribution < -0.4 is 5.32 Å². The third kappa shape index (κ3) is 2.42. The second kappa shape index (κ2) is 4.39. The first-order valence-electron chi connectivity index (χ1n) is 4.59. The Bertz CT molecular complexity index is 244. The Hall–Kier alpha value is -0.130. The second-order valence-corrected chi connectivity index (χ2v) is 5.63. The maximum atomic E-state index is 11.6. The lowest BCUT2D eigenvalue weighted by atomic mass is 10.2. The maximum Gasteiger partial charge on any atom is 0.178 e. The van der Waals surface area contributed by atoms with Gasteiger partial charge >= 0.3 is 0 Å². The fourth-order valence-electron chi connectivity index (χ4n) is 1.67. The van der Waals surface area contributed by atoms with Gasteiger partial charge in [0, 0.05) is 13.2 Å². The zero-order valence-electron chi connectivity index (χ0n) is 8.12. The molecule has 0 aromatic rings. The first-order valence-corrected chi connectivity index (χ1v) is 6.31. The fraction of sp³-hybridized carbons (Fsp3) is 1.00. The van der Waals surface area contributed by atoms with Gasteiger partial charge in [-0.25, -0.2) is 8.42 Å². The highest BCUT2D eigenvalue weighted by Crippen LogP contribution is 2.16. The Morgan fingerprint density at radius 3 is 2.69 bits per heavy atom. The van der Waals surface area contributed by atoms with Crippen molar-refractivity contribution in [2.24, 2.45) is 0 Å². The van der Waals surface area contributed by atoms with Crippen molar-refractivity contribution in [2.75, 3.05) is 19.4 Å². The lowest BCUT2D eigenvalue weighted by Crippen LogP contribution is -2.42. The summed E-state index contributed by atoms with van der Waals surface area (Å²) in [5, 5.41) is 3.14. The van der Waals surface area contributed by atoms with Crippen LogP contribution in [0.3, 0.4) is 0 Å². The Labute approximate surface area is 79.6 Å². The molecule has 0 aromatic heterocycles. The van der Waals surface area contributed by atoms with Crippen LogP contribution in [0.2, 0.25) is 0 Å². The Kier molecular flexibility index (Phi) is 3.70. The molecule has 1 N–H and O–H groups in total. The van der Waals surface area contributed by atoms with E-state index in [-0.39, 0.29) is 11.8 Å². The molecule has 1 aliphatic heterocycles. The van der Waals surface area contributed by atoms with Crippen molar-refractivity contribution < 1.29 is 13.2 Å². The monoisotopic (exact) mass is 207 g/mol. The summed E-state index contributed by atoms with van der Waals surface area (Å²) in [7, 11) is -1.62. The normalized spacial score (nSPS) is 26.2. The van der Waals surface area contributed by atoms with Crippen LogP contribution in [0.15, 0.2) is 0 Å². The van der Waals surface area contributed by atoms with Crippen molar-refractivity contribution >= 4 is 9.84 Å². The van der Waals surface area contributed by atoms with E-state index in [1.54, 1.807) is 6.92 Å². The standard InChI is InChI=1S/C8H17NO3S/c1-3-13(10,11)8(12-2)7-5-4-6-9-7/h7-9H,3-6H2,1-2H3/t7-,8+/m1/s1. The van der Waals surface area contributed by atoms with Gasteiger partial charge in [0.25, 0.3) is 0 Å². The van der Waals surface area contributed by atoms with Crippen LogP contribution in [0.1, 0.15) is 19.8 Å². The van der Waals surface area contributed by atoms with Crippen molar-refractivity contribution in [1.82, 2.24) is 5.32 Å². The number of rotatable bonds is 4. The lowest BCUT2D eigenvalue weighted by molar-refractivity contribution is 0.135. The van der Waals surface area contributed by atoms with Gasteiger partial charge in [0.2, 0.25) is 0 Å². The summed E-state index contributed by atoms with van der Waals surface area (Å²) in [6.45, 7) is 2.54.